The van der Waals surface area contributed by atoms with E-state index in [1.807, 2.05) is 0 Å². The summed E-state index contributed by atoms with van der Waals surface area (Å²) < 4.78 is 0. The third kappa shape index (κ3) is 6.20. The van der Waals surface area contributed by atoms with E-state index in [-0.39, 0.29) is 0 Å². The molecule has 2 nitrogen and oxygen atoms in total. The van der Waals surface area contributed by atoms with Crippen LogP contribution in [0.25, 0.3) is 0 Å². The molecule has 1 atom stereocenters. The second-order valence-corrected chi connectivity index (χ2v) is 3.27. The smallest absolute Gasteiger partial charge is 0.207 e. The molecule has 0 bridgehead atoms. The molecule has 0 aliphatic rings. The van der Waals surface area contributed by atoms with Crippen molar-refractivity contribution in [2.75, 3.05) is 0 Å². The van der Waals surface area contributed by atoms with Gasteiger partial charge >= 0.3 is 0 Å². The van der Waals surface area contributed by atoms with Gasteiger partial charge in [-0.3, -0.25) is 4.79 Å². The van der Waals surface area contributed by atoms with Crippen molar-refractivity contribution in [1.82, 2.24) is 5.32 Å². The highest BCUT2D eigenvalue weighted by Crippen LogP contribution is 2.07. The van der Waals surface area contributed by atoms with Crippen molar-refractivity contribution >= 4 is 6.41 Å². The van der Waals surface area contributed by atoms with Gasteiger partial charge in [0.2, 0.25) is 6.41 Å². The molecule has 0 radical (unpaired) electrons. The van der Waals surface area contributed by atoms with E-state index < -0.39 is 0 Å². The molecule has 0 aromatic carbocycles. The molecule has 0 spiro atoms. The Balaban J connectivity index is 3.40. The maximum absolute atomic E-state index is 10.2. The van der Waals surface area contributed by atoms with Gasteiger partial charge in [-0.25, -0.2) is 0 Å². The average Bonchev–Trinajstić information content (AvgIpc) is 2.06. The summed E-state index contributed by atoms with van der Waals surface area (Å²) in [4.78, 5) is 10.2. The van der Waals surface area contributed by atoms with Crippen LogP contribution in [0, 0.1) is 0 Å². The molecule has 0 heterocycles. The molecular weight excluding hydrogens is 150 g/mol. The molecule has 2 heteroatoms. The summed E-state index contributed by atoms with van der Waals surface area (Å²) in [5.41, 5.74) is 0. The molecule has 0 aromatic heterocycles. The predicted octanol–water partition coefficient (Wildman–Crippen LogP) is 2.48. The predicted molar refractivity (Wildman–Crippen MR) is 52.0 cm³/mol. The molecule has 0 aromatic rings. The van der Waals surface area contributed by atoms with E-state index in [9.17, 15) is 4.79 Å². The number of unbranched alkanes of at least 4 members (excludes halogenated alkanes) is 2. The summed E-state index contributed by atoms with van der Waals surface area (Å²) in [6.07, 6.45) is 8.00. The summed E-state index contributed by atoms with van der Waals surface area (Å²) in [6, 6.07) is 0.416. The molecule has 0 aliphatic heterocycles. The first-order valence-electron chi connectivity index (χ1n) is 5.04. The molecule has 0 aliphatic carbocycles. The molecule has 1 N–H and O–H groups in total. The quantitative estimate of drug-likeness (QED) is 0.441. The van der Waals surface area contributed by atoms with Crippen LogP contribution in [0.15, 0.2) is 0 Å². The monoisotopic (exact) mass is 171 g/mol. The van der Waals surface area contributed by atoms with E-state index in [2.05, 4.69) is 19.2 Å². The Morgan fingerprint density at radius 1 is 1.17 bits per heavy atom. The first kappa shape index (κ1) is 11.5. The van der Waals surface area contributed by atoms with Crippen molar-refractivity contribution in [2.45, 2.75) is 58.4 Å². The normalized spacial score (nSPS) is 12.5. The summed E-state index contributed by atoms with van der Waals surface area (Å²) in [5, 5.41) is 2.86. The summed E-state index contributed by atoms with van der Waals surface area (Å²) in [5.74, 6) is 0. The number of carbonyl (C=O) groups is 1. The van der Waals surface area contributed by atoms with E-state index in [0.29, 0.717) is 6.04 Å². The zero-order chi connectivity index (χ0) is 9.23. The van der Waals surface area contributed by atoms with Crippen LogP contribution < -0.4 is 5.32 Å². The minimum absolute atomic E-state index is 0.416. The van der Waals surface area contributed by atoms with Gasteiger partial charge in [-0.05, 0) is 12.8 Å². The molecule has 1 amide bonds. The molecule has 0 saturated carbocycles. The van der Waals surface area contributed by atoms with Crippen LogP contribution in [-0.4, -0.2) is 12.5 Å². The van der Waals surface area contributed by atoms with Crippen molar-refractivity contribution in [3.63, 3.8) is 0 Å². The van der Waals surface area contributed by atoms with E-state index >= 15 is 0 Å². The van der Waals surface area contributed by atoms with Gasteiger partial charge in [0.05, 0.1) is 0 Å². The van der Waals surface area contributed by atoms with Gasteiger partial charge in [-0.15, -0.1) is 0 Å². The Labute approximate surface area is 75.7 Å². The summed E-state index contributed by atoms with van der Waals surface area (Å²) >= 11 is 0. The molecule has 12 heavy (non-hydrogen) atoms. The van der Waals surface area contributed by atoms with Gasteiger partial charge in [0, 0.05) is 6.04 Å². The lowest BCUT2D eigenvalue weighted by atomic mass is 10.0. The van der Waals surface area contributed by atoms with E-state index in [0.717, 1.165) is 25.7 Å². The van der Waals surface area contributed by atoms with Gasteiger partial charge in [-0.1, -0.05) is 39.5 Å². The third-order valence-electron chi connectivity index (χ3n) is 2.10. The Bertz CT molecular complexity index is 104. The molecule has 0 rings (SSSR count). The van der Waals surface area contributed by atoms with Crippen LogP contribution in [0.4, 0.5) is 0 Å². The summed E-state index contributed by atoms with van der Waals surface area (Å²) in [6.45, 7) is 4.35. The van der Waals surface area contributed by atoms with Gasteiger partial charge in [0.15, 0.2) is 0 Å². The van der Waals surface area contributed by atoms with Crippen LogP contribution in [0.3, 0.4) is 0 Å². The first-order chi connectivity index (χ1) is 5.85. The largest absolute Gasteiger partial charge is 0.356 e. The van der Waals surface area contributed by atoms with Gasteiger partial charge in [-0.2, -0.15) is 0 Å². The van der Waals surface area contributed by atoms with Gasteiger partial charge < -0.3 is 5.32 Å². The van der Waals surface area contributed by atoms with Crippen molar-refractivity contribution in [2.24, 2.45) is 0 Å². The molecule has 0 fully saturated rings. The van der Waals surface area contributed by atoms with Crippen LogP contribution in [0.2, 0.25) is 0 Å². The third-order valence-corrected chi connectivity index (χ3v) is 2.10. The lowest BCUT2D eigenvalue weighted by Crippen LogP contribution is -2.27. The highest BCUT2D eigenvalue weighted by Gasteiger charge is 2.04. The lowest BCUT2D eigenvalue weighted by Gasteiger charge is -2.14. The fraction of sp³-hybridized carbons (Fsp3) is 0.900. The van der Waals surface area contributed by atoms with Crippen molar-refractivity contribution in [3.8, 4) is 0 Å². The second kappa shape index (κ2) is 8.57. The van der Waals surface area contributed by atoms with E-state index in [1.54, 1.807) is 0 Å². The van der Waals surface area contributed by atoms with Crippen molar-refractivity contribution in [1.29, 1.82) is 0 Å². The zero-order valence-corrected chi connectivity index (χ0v) is 8.31. The number of carbonyl (C=O) groups excluding carboxylic acids is 1. The zero-order valence-electron chi connectivity index (χ0n) is 8.31. The number of nitrogens with one attached hydrogen (secondary N) is 1. The standard InChI is InChI=1S/C10H21NO/c1-3-5-6-8-10(7-4-2)11-9-12/h9-10H,3-8H2,1-2H3,(H,11,12). The first-order valence-corrected chi connectivity index (χ1v) is 5.04. The molecule has 0 saturated heterocycles. The Morgan fingerprint density at radius 3 is 2.42 bits per heavy atom. The molecule has 1 unspecified atom stereocenters. The van der Waals surface area contributed by atoms with Crippen LogP contribution in [-0.2, 0) is 4.79 Å². The molecular formula is C10H21NO. The van der Waals surface area contributed by atoms with Gasteiger partial charge in [0.25, 0.3) is 0 Å². The van der Waals surface area contributed by atoms with E-state index in [4.69, 9.17) is 0 Å². The van der Waals surface area contributed by atoms with Crippen LogP contribution >= 0.6 is 0 Å². The second-order valence-electron chi connectivity index (χ2n) is 3.27. The summed E-state index contributed by atoms with van der Waals surface area (Å²) in [7, 11) is 0. The average molecular weight is 171 g/mol. The topological polar surface area (TPSA) is 29.1 Å². The number of amides is 1. The minimum Gasteiger partial charge on any atom is -0.356 e. The Morgan fingerprint density at radius 2 is 1.92 bits per heavy atom. The minimum atomic E-state index is 0.416. The lowest BCUT2D eigenvalue weighted by molar-refractivity contribution is -0.110. The fourth-order valence-corrected chi connectivity index (χ4v) is 1.40. The Kier molecular flexibility index (Phi) is 8.19. The fourth-order valence-electron chi connectivity index (χ4n) is 1.40. The van der Waals surface area contributed by atoms with Crippen LogP contribution in [0.1, 0.15) is 52.4 Å². The number of hydrogen-bond acceptors (Lipinski definition) is 1. The van der Waals surface area contributed by atoms with E-state index in [1.165, 1.54) is 19.3 Å². The maximum atomic E-state index is 10.2. The van der Waals surface area contributed by atoms with Crippen LogP contribution in [0.5, 0.6) is 0 Å². The molecule has 72 valence electrons. The number of rotatable bonds is 8. The number of hydrogen-bond donors (Lipinski definition) is 1. The SMILES string of the molecule is CCCCCC(CCC)NC=O. The highest BCUT2D eigenvalue weighted by atomic mass is 16.1. The highest BCUT2D eigenvalue weighted by molar-refractivity contribution is 5.46. The maximum Gasteiger partial charge on any atom is 0.207 e. The van der Waals surface area contributed by atoms with Crippen molar-refractivity contribution < 1.29 is 4.79 Å². The van der Waals surface area contributed by atoms with Crippen molar-refractivity contribution in [3.05, 3.63) is 0 Å². The Hall–Kier alpha value is -0.530. The van der Waals surface area contributed by atoms with Gasteiger partial charge in [0.1, 0.15) is 0 Å².